The zero-order valence-electron chi connectivity index (χ0n) is 20.5. The van der Waals surface area contributed by atoms with Crippen LogP contribution in [0.3, 0.4) is 0 Å². The first-order chi connectivity index (χ1) is 18.5. The number of nitrogens with one attached hydrogen (secondary N) is 1. The van der Waals surface area contributed by atoms with Crippen molar-refractivity contribution in [1.29, 1.82) is 0 Å². The van der Waals surface area contributed by atoms with E-state index in [-0.39, 0.29) is 37.6 Å². The Hall–Kier alpha value is -4.02. The zero-order valence-corrected chi connectivity index (χ0v) is 21.4. The number of esters is 1. The summed E-state index contributed by atoms with van der Waals surface area (Å²) in [6, 6.07) is 23.9. The van der Waals surface area contributed by atoms with E-state index in [1.165, 1.54) is 0 Å². The van der Waals surface area contributed by atoms with E-state index in [2.05, 4.69) is 17.9 Å². The third-order valence-electron chi connectivity index (χ3n) is 5.20. The summed E-state index contributed by atoms with van der Waals surface area (Å²) in [6.45, 7) is -0.128. The van der Waals surface area contributed by atoms with Gasteiger partial charge in [0.2, 0.25) is 0 Å². The lowest BCUT2D eigenvalue weighted by Crippen LogP contribution is -2.37. The van der Waals surface area contributed by atoms with Gasteiger partial charge in [-0.2, -0.15) is 12.6 Å². The van der Waals surface area contributed by atoms with Crippen LogP contribution >= 0.6 is 12.6 Å². The van der Waals surface area contributed by atoms with E-state index in [0.717, 1.165) is 0 Å². The van der Waals surface area contributed by atoms with Crippen LogP contribution in [-0.4, -0.2) is 54.8 Å². The smallest absolute Gasteiger partial charge is 0.414 e. The van der Waals surface area contributed by atoms with Gasteiger partial charge in [-0.05, 0) is 42.0 Å². The van der Waals surface area contributed by atoms with Crippen LogP contribution in [-0.2, 0) is 14.3 Å². The lowest BCUT2D eigenvalue weighted by atomic mass is 10.0. The lowest BCUT2D eigenvalue weighted by Gasteiger charge is -2.28. The van der Waals surface area contributed by atoms with E-state index in [0.29, 0.717) is 17.1 Å². The highest BCUT2D eigenvalue weighted by Gasteiger charge is 2.30. The lowest BCUT2D eigenvalue weighted by molar-refractivity contribution is -0.141. The van der Waals surface area contributed by atoms with Crippen molar-refractivity contribution in [2.45, 2.75) is 18.6 Å². The van der Waals surface area contributed by atoms with E-state index in [1.807, 2.05) is 6.07 Å². The van der Waals surface area contributed by atoms with Crippen LogP contribution in [0.4, 0.5) is 4.79 Å². The Morgan fingerprint density at radius 3 is 2.24 bits per heavy atom. The molecule has 9 nitrogen and oxygen atoms in total. The molecule has 0 spiro atoms. The molecule has 0 aliphatic rings. The van der Waals surface area contributed by atoms with E-state index < -0.39 is 30.2 Å². The standard InChI is InChI=1S/C28H29NO8S/c30-15-17-34-23-13-7-10-21(18-23)26(37-28(33)29-27(32)20-8-3-1-4-9-20)24(14-16-35-25(31)19-38)36-22-11-5-2-6-12-22/h1-13,18,24,26,30,38H,14-17,19H2,(H,29,32,33)/t24-,26-/m0/s1. The number of ether oxygens (including phenoxy) is 4. The molecule has 0 aliphatic carbocycles. The van der Waals surface area contributed by atoms with Gasteiger partial charge in [-0.15, -0.1) is 0 Å². The fourth-order valence-corrected chi connectivity index (χ4v) is 3.57. The first-order valence-electron chi connectivity index (χ1n) is 11.9. The second-order valence-corrected chi connectivity index (χ2v) is 8.24. The number of rotatable bonds is 13. The number of aliphatic hydroxyl groups excluding tert-OH is 1. The Balaban J connectivity index is 1.89. The van der Waals surface area contributed by atoms with Crippen molar-refractivity contribution in [3.05, 3.63) is 96.1 Å². The van der Waals surface area contributed by atoms with Gasteiger partial charge in [-0.3, -0.25) is 14.9 Å². The van der Waals surface area contributed by atoms with Crippen molar-refractivity contribution in [2.75, 3.05) is 25.6 Å². The van der Waals surface area contributed by atoms with Gasteiger partial charge in [0.1, 0.15) is 24.2 Å². The molecule has 0 saturated heterocycles. The number of imide groups is 1. The normalized spacial score (nSPS) is 12.1. The van der Waals surface area contributed by atoms with Crippen LogP contribution in [0, 0.1) is 0 Å². The van der Waals surface area contributed by atoms with E-state index in [4.69, 9.17) is 24.1 Å². The molecular formula is C28H29NO8S. The van der Waals surface area contributed by atoms with Crippen LogP contribution < -0.4 is 14.8 Å². The molecule has 0 aliphatic heterocycles. The van der Waals surface area contributed by atoms with Crippen LogP contribution in [0.1, 0.15) is 28.4 Å². The van der Waals surface area contributed by atoms with Crippen molar-refractivity contribution in [3.8, 4) is 11.5 Å². The van der Waals surface area contributed by atoms with Gasteiger partial charge in [-0.1, -0.05) is 48.5 Å². The molecule has 0 heterocycles. The molecule has 0 unspecified atom stereocenters. The van der Waals surface area contributed by atoms with E-state index in [9.17, 15) is 14.4 Å². The predicted octanol–water partition coefficient (Wildman–Crippen LogP) is 3.98. The van der Waals surface area contributed by atoms with Crippen molar-refractivity contribution in [3.63, 3.8) is 0 Å². The van der Waals surface area contributed by atoms with Crippen LogP contribution in [0.15, 0.2) is 84.9 Å². The maximum atomic E-state index is 12.9. The molecule has 3 aromatic rings. The fourth-order valence-electron chi connectivity index (χ4n) is 3.48. The summed E-state index contributed by atoms with van der Waals surface area (Å²) in [7, 11) is 0. The number of amides is 2. The zero-order chi connectivity index (χ0) is 27.2. The highest BCUT2D eigenvalue weighted by atomic mass is 32.1. The number of carbonyl (C=O) groups is 3. The number of hydrogen-bond acceptors (Lipinski definition) is 9. The maximum Gasteiger partial charge on any atom is 0.414 e. The van der Waals surface area contributed by atoms with Gasteiger partial charge in [0.05, 0.1) is 19.0 Å². The second kappa shape index (κ2) is 15.3. The molecule has 2 atom stereocenters. The summed E-state index contributed by atoms with van der Waals surface area (Å²) in [4.78, 5) is 37.1. The Morgan fingerprint density at radius 1 is 0.868 bits per heavy atom. The Morgan fingerprint density at radius 2 is 1.55 bits per heavy atom. The highest BCUT2D eigenvalue weighted by molar-refractivity contribution is 7.81. The molecular weight excluding hydrogens is 510 g/mol. The fraction of sp³-hybridized carbons (Fsp3) is 0.250. The minimum absolute atomic E-state index is 0.0258. The summed E-state index contributed by atoms with van der Waals surface area (Å²) in [6.07, 6.45) is -2.69. The third-order valence-corrected chi connectivity index (χ3v) is 5.45. The largest absolute Gasteiger partial charge is 0.491 e. The minimum Gasteiger partial charge on any atom is -0.491 e. The molecule has 3 aromatic carbocycles. The van der Waals surface area contributed by atoms with Crippen LogP contribution in [0.5, 0.6) is 11.5 Å². The number of para-hydroxylation sites is 1. The number of thiol groups is 1. The highest BCUT2D eigenvalue weighted by Crippen LogP contribution is 2.30. The second-order valence-electron chi connectivity index (χ2n) is 7.93. The molecule has 0 aromatic heterocycles. The molecule has 0 radical (unpaired) electrons. The average Bonchev–Trinajstić information content (AvgIpc) is 2.95. The van der Waals surface area contributed by atoms with Gasteiger partial charge in [0.15, 0.2) is 6.10 Å². The monoisotopic (exact) mass is 539 g/mol. The number of alkyl carbamates (subject to hydrolysis) is 1. The number of benzene rings is 3. The van der Waals surface area contributed by atoms with Gasteiger partial charge in [0, 0.05) is 12.0 Å². The summed E-state index contributed by atoms with van der Waals surface area (Å²) < 4.78 is 22.6. The minimum atomic E-state index is -1.04. The summed E-state index contributed by atoms with van der Waals surface area (Å²) in [5, 5.41) is 11.3. The molecule has 3 rings (SSSR count). The Kier molecular flexibility index (Phi) is 11.5. The molecule has 200 valence electrons. The molecule has 0 saturated carbocycles. The van der Waals surface area contributed by atoms with Crippen molar-refractivity contribution in [2.24, 2.45) is 0 Å². The number of hydrogen-bond donors (Lipinski definition) is 3. The third kappa shape index (κ3) is 9.13. The van der Waals surface area contributed by atoms with Crippen molar-refractivity contribution < 1.29 is 38.4 Å². The van der Waals surface area contributed by atoms with Crippen molar-refractivity contribution in [1.82, 2.24) is 5.32 Å². The van der Waals surface area contributed by atoms with Crippen LogP contribution in [0.2, 0.25) is 0 Å². The topological polar surface area (TPSA) is 120 Å². The molecule has 10 heteroatoms. The van der Waals surface area contributed by atoms with E-state index >= 15 is 0 Å². The SMILES string of the molecule is O=C(CS)OCC[C@H](Oc1ccccc1)[C@@H](OC(=O)NC(=O)c1ccccc1)c1cccc(OCCO)c1. The Labute approximate surface area is 226 Å². The molecule has 38 heavy (non-hydrogen) atoms. The molecule has 0 bridgehead atoms. The van der Waals surface area contributed by atoms with Gasteiger partial charge >= 0.3 is 12.1 Å². The van der Waals surface area contributed by atoms with Crippen molar-refractivity contribution >= 4 is 30.6 Å². The average molecular weight is 540 g/mol. The molecule has 2 N–H and O–H groups in total. The molecule has 0 fully saturated rings. The maximum absolute atomic E-state index is 12.9. The van der Waals surface area contributed by atoms with Gasteiger partial charge in [-0.25, -0.2) is 4.79 Å². The first kappa shape index (κ1) is 28.5. The summed E-state index contributed by atoms with van der Waals surface area (Å²) in [5.41, 5.74) is 0.792. The quantitative estimate of drug-likeness (QED) is 0.220. The Bertz CT molecular complexity index is 1180. The number of carbonyl (C=O) groups excluding carboxylic acids is 3. The summed E-state index contributed by atoms with van der Waals surface area (Å²) in [5.74, 6) is -0.281. The summed E-state index contributed by atoms with van der Waals surface area (Å²) >= 11 is 3.92. The van der Waals surface area contributed by atoms with Crippen LogP contribution in [0.25, 0.3) is 0 Å². The van der Waals surface area contributed by atoms with Gasteiger partial charge in [0.25, 0.3) is 5.91 Å². The molecule has 2 amide bonds. The first-order valence-corrected chi connectivity index (χ1v) is 12.5. The van der Waals surface area contributed by atoms with Gasteiger partial charge < -0.3 is 24.1 Å². The van der Waals surface area contributed by atoms with E-state index in [1.54, 1.807) is 78.9 Å². The predicted molar refractivity (Wildman–Crippen MR) is 142 cm³/mol. The number of aliphatic hydroxyl groups is 1.